The summed E-state index contributed by atoms with van der Waals surface area (Å²) >= 11 is 9.95. The van der Waals surface area contributed by atoms with E-state index < -0.39 is 1.08 Å². The van der Waals surface area contributed by atoms with E-state index in [0.29, 0.717) is 0 Å². The summed E-state index contributed by atoms with van der Waals surface area (Å²) in [6, 6.07) is 0. The van der Waals surface area contributed by atoms with E-state index >= 15 is 0 Å². The van der Waals surface area contributed by atoms with Crippen LogP contribution in [0.4, 0.5) is 0 Å². The van der Waals surface area contributed by atoms with Crippen LogP contribution in [0.3, 0.4) is 0 Å². The molecular weight excluding hydrogens is 653 g/mol. The van der Waals surface area contributed by atoms with Gasteiger partial charge in [-0.05, 0) is 0 Å². The zero-order valence-electron chi connectivity index (χ0n) is 2.83. The van der Waals surface area contributed by atoms with E-state index in [1.165, 1.54) is 0 Å². The van der Waals surface area contributed by atoms with Crippen molar-refractivity contribution in [2.45, 2.75) is 0 Å². The van der Waals surface area contributed by atoms with Gasteiger partial charge in [-0.3, -0.25) is 0 Å². The smallest absolute Gasteiger partial charge is 1.00 e. The average molecular weight is 653 g/mol. The molecule has 0 saturated carbocycles. The fourth-order valence-electron chi connectivity index (χ4n) is 0. The second-order valence-corrected chi connectivity index (χ2v) is 72.2. The summed E-state index contributed by atoms with van der Waals surface area (Å²) < 4.78 is -0.820. The largest absolute Gasteiger partial charge is 1.00 e. The molecule has 0 aromatic rings. The Bertz CT molecular complexity index is 23.0. The van der Waals surface area contributed by atoms with Crippen molar-refractivity contribution in [3.8, 4) is 0 Å². The molecule has 0 N–H and O–H groups in total. The van der Waals surface area contributed by atoms with Crippen molar-refractivity contribution in [3.63, 3.8) is 0 Å². The van der Waals surface area contributed by atoms with Gasteiger partial charge in [-0.25, -0.2) is 0 Å². The Labute approximate surface area is 125 Å². The minimum Gasteiger partial charge on any atom is 1.00 e. The third kappa shape index (κ3) is 22.9. The summed E-state index contributed by atoms with van der Waals surface area (Å²) in [4.78, 5) is 0. The summed E-state index contributed by atoms with van der Waals surface area (Å²) in [5.74, 6) is 0. The summed E-state index contributed by atoms with van der Waals surface area (Å²) in [7, 11) is 0. The van der Waals surface area contributed by atoms with E-state index in [9.17, 15) is 0 Å². The molecule has 0 nitrogen and oxygen atoms in total. The second kappa shape index (κ2) is 6.90. The van der Waals surface area contributed by atoms with Gasteiger partial charge in [0.05, 0.1) is 0 Å². The van der Waals surface area contributed by atoms with Crippen molar-refractivity contribution < 1.29 is 52.5 Å². The van der Waals surface area contributed by atoms with Gasteiger partial charge in [0, 0.05) is 0 Å². The number of hydrogen-bond donors (Lipinski definition) is 0. The third-order valence-corrected chi connectivity index (χ3v) is 0. The van der Waals surface area contributed by atoms with Crippen LogP contribution in [0.15, 0.2) is 0 Å². The van der Waals surface area contributed by atoms with Crippen LogP contribution in [0.5, 0.6) is 0 Å². The molecule has 0 amide bonds. The van der Waals surface area contributed by atoms with Crippen LogP contribution in [-0.4, -0.2) is 0 Å². The Morgan fingerprint density at radius 3 is 0.833 bits per heavy atom. The van der Waals surface area contributed by atoms with Crippen LogP contribution >= 0.6 is 78.1 Å². The van der Waals surface area contributed by atoms with Gasteiger partial charge in [0.25, 0.3) is 0 Å². The van der Waals surface area contributed by atoms with Gasteiger partial charge in [-0.2, -0.15) is 0 Å². The van der Waals surface area contributed by atoms with Crippen LogP contribution in [0.1, 0.15) is 0 Å². The summed E-state index contributed by atoms with van der Waals surface area (Å²) in [5, 5.41) is 0. The van der Waals surface area contributed by atoms with Gasteiger partial charge in [0.2, 0.25) is 0 Å². The maximum atomic E-state index is 2.49. The molecule has 0 saturated heterocycles. The van der Waals surface area contributed by atoms with Crippen molar-refractivity contribution in [2.75, 3.05) is 0 Å². The normalized spacial score (nSPS) is 12.7. The summed E-state index contributed by atoms with van der Waals surface area (Å²) in [6.45, 7) is 0. The zero-order valence-corrected chi connectivity index (χ0v) is 16.1. The van der Waals surface area contributed by atoms with Gasteiger partial charge in [0.15, 0.2) is 0 Å². The predicted octanol–water partition coefficient (Wildman–Crippen LogP) is 0.544. The molecule has 0 aliphatic heterocycles. The first kappa shape index (κ1) is 13.8. The van der Waals surface area contributed by atoms with Gasteiger partial charge < -0.3 is 0 Å². The van der Waals surface area contributed by atoms with E-state index in [1.807, 2.05) is 0 Å². The van der Waals surface area contributed by atoms with E-state index in [4.69, 9.17) is 0 Å². The molecule has 0 aliphatic rings. The first-order valence-electron chi connectivity index (χ1n) is 0.478. The first-order valence-corrected chi connectivity index (χ1v) is 19.0. The molecule has 39 valence electrons. The van der Waals surface area contributed by atoms with Gasteiger partial charge in [-0.1, -0.05) is 0 Å². The maximum absolute atomic E-state index is 2.49. The van der Waals surface area contributed by atoms with Crippen LogP contribution in [-0.2, 0) is 1.08 Å². The molecule has 0 heterocycles. The van der Waals surface area contributed by atoms with Gasteiger partial charge >= 0.3 is 131 Å². The first-order chi connectivity index (χ1) is 2.00. The molecule has 0 rings (SSSR count). The van der Waals surface area contributed by atoms with Crippen molar-refractivity contribution in [1.82, 2.24) is 0 Å². The Hall–Kier alpha value is 5.22. The van der Waals surface area contributed by atoms with Crippen LogP contribution in [0, 0.1) is 0 Å². The minimum absolute atomic E-state index is 0. The molecule has 0 atom stereocenters. The Morgan fingerprint density at radius 2 is 0.833 bits per heavy atom. The predicted molar refractivity (Wildman–Crippen MR) is 56.1 cm³/mol. The topological polar surface area (TPSA) is 0 Å². The molecule has 0 fully saturated rings. The standard InChI is InChI=1S/4HI.K.Pd/h4*1H;;/q;;;;+1;+3/p-4. The minimum atomic E-state index is -0.820. The van der Waals surface area contributed by atoms with E-state index in [-0.39, 0.29) is 51.4 Å². The monoisotopic (exact) mass is 652 g/mol. The second-order valence-electron chi connectivity index (χ2n) is 0.271. The van der Waals surface area contributed by atoms with E-state index in [1.54, 1.807) is 0 Å². The summed E-state index contributed by atoms with van der Waals surface area (Å²) in [5.41, 5.74) is 0. The molecular formula is I4KPd. The maximum Gasteiger partial charge on any atom is 1.00 e. The molecule has 6 heavy (non-hydrogen) atoms. The van der Waals surface area contributed by atoms with E-state index in [2.05, 4.69) is 78.1 Å². The van der Waals surface area contributed by atoms with Crippen molar-refractivity contribution in [2.24, 2.45) is 0 Å². The molecule has 0 aromatic heterocycles. The third-order valence-electron chi connectivity index (χ3n) is 0. The van der Waals surface area contributed by atoms with Crippen molar-refractivity contribution in [3.05, 3.63) is 0 Å². The number of halogens is 4. The molecule has 0 aliphatic carbocycles. The molecule has 0 spiro atoms. The molecule has 0 bridgehead atoms. The average Bonchev–Trinajstić information content (AvgIpc) is 0.722. The molecule has 0 radical (unpaired) electrons. The Morgan fingerprint density at radius 1 is 0.833 bits per heavy atom. The van der Waals surface area contributed by atoms with E-state index in [0.717, 1.165) is 0 Å². The number of hydrogen-bond acceptors (Lipinski definition) is 0. The molecule has 6 heteroatoms. The fraction of sp³-hybridized carbons (Fsp3) is 0. The SMILES string of the molecule is [I][Pd-]([I])([I])[I].[K+]. The molecule has 0 aromatic carbocycles. The van der Waals surface area contributed by atoms with Crippen molar-refractivity contribution in [1.29, 1.82) is 0 Å². The number of rotatable bonds is 0. The van der Waals surface area contributed by atoms with Crippen LogP contribution in [0.25, 0.3) is 0 Å². The Kier molecular flexibility index (Phi) is 15.9. The molecule has 0 unspecified atom stereocenters. The summed E-state index contributed by atoms with van der Waals surface area (Å²) in [6.07, 6.45) is 0. The fourth-order valence-corrected chi connectivity index (χ4v) is 0. The zero-order chi connectivity index (χ0) is 4.50. The van der Waals surface area contributed by atoms with Crippen molar-refractivity contribution >= 4 is 78.1 Å². The quantitative estimate of drug-likeness (QED) is 0.265. The van der Waals surface area contributed by atoms with Gasteiger partial charge in [-0.15, -0.1) is 0 Å². The Balaban J connectivity index is 0. The van der Waals surface area contributed by atoms with Gasteiger partial charge in [0.1, 0.15) is 0 Å². The van der Waals surface area contributed by atoms with Crippen LogP contribution in [0.2, 0.25) is 0 Å². The van der Waals surface area contributed by atoms with Crippen LogP contribution < -0.4 is 51.4 Å².